The van der Waals surface area contributed by atoms with Crippen molar-refractivity contribution < 1.29 is 19.1 Å². The highest BCUT2D eigenvalue weighted by molar-refractivity contribution is 6.53. The second-order valence-electron chi connectivity index (χ2n) is 7.87. The van der Waals surface area contributed by atoms with Gasteiger partial charge in [-0.25, -0.2) is 4.90 Å². The number of benzene rings is 3. The zero-order valence-electron chi connectivity index (χ0n) is 18.8. The first-order valence-electron chi connectivity index (χ1n) is 10.5. The number of amides is 3. The standard InChI is InChI=1S/C26H22ClN3O4/c1-15-10-16(2)12-20(11-15)30-25(32)22(27)23(26(30)33)28-18-7-4-6-17(13-18)24(31)29-19-8-5-9-21(14-19)34-3/h4-14,28H,1-3H3,(H,29,31). The van der Waals surface area contributed by atoms with E-state index in [0.29, 0.717) is 28.4 Å². The normalized spacial score (nSPS) is 13.4. The predicted molar refractivity (Wildman–Crippen MR) is 132 cm³/mol. The van der Waals surface area contributed by atoms with Crippen molar-refractivity contribution in [3.63, 3.8) is 0 Å². The molecular formula is C26H22ClN3O4. The molecule has 0 atom stereocenters. The molecule has 0 aliphatic carbocycles. The highest BCUT2D eigenvalue weighted by Crippen LogP contribution is 2.31. The molecule has 0 radical (unpaired) electrons. The third kappa shape index (κ3) is 4.65. The molecule has 7 nitrogen and oxygen atoms in total. The number of methoxy groups -OCH3 is 1. The maximum Gasteiger partial charge on any atom is 0.283 e. The number of imide groups is 1. The second kappa shape index (κ2) is 9.41. The molecule has 0 saturated heterocycles. The average molecular weight is 476 g/mol. The lowest BCUT2D eigenvalue weighted by molar-refractivity contribution is -0.120. The van der Waals surface area contributed by atoms with Crippen LogP contribution in [-0.2, 0) is 9.59 Å². The van der Waals surface area contributed by atoms with E-state index < -0.39 is 11.8 Å². The van der Waals surface area contributed by atoms with E-state index in [9.17, 15) is 14.4 Å². The predicted octanol–water partition coefficient (Wildman–Crippen LogP) is 5.00. The number of carbonyl (C=O) groups is 3. The molecule has 0 spiro atoms. The number of hydrogen-bond donors (Lipinski definition) is 2. The van der Waals surface area contributed by atoms with Crippen molar-refractivity contribution >= 4 is 46.4 Å². The van der Waals surface area contributed by atoms with E-state index in [-0.39, 0.29) is 16.6 Å². The fourth-order valence-corrected chi connectivity index (χ4v) is 3.92. The molecule has 172 valence electrons. The molecule has 1 heterocycles. The summed E-state index contributed by atoms with van der Waals surface area (Å²) >= 11 is 6.25. The third-order valence-corrected chi connectivity index (χ3v) is 5.56. The first kappa shape index (κ1) is 23.1. The summed E-state index contributed by atoms with van der Waals surface area (Å²) in [5.74, 6) is -0.896. The second-order valence-corrected chi connectivity index (χ2v) is 8.25. The van der Waals surface area contributed by atoms with Crippen molar-refractivity contribution in [3.8, 4) is 5.75 Å². The number of aryl methyl sites for hydroxylation is 2. The molecule has 3 aromatic rings. The summed E-state index contributed by atoms with van der Waals surface area (Å²) in [6.45, 7) is 3.77. The van der Waals surface area contributed by atoms with Gasteiger partial charge in [0, 0.05) is 23.0 Å². The van der Waals surface area contributed by atoms with Gasteiger partial charge in [-0.2, -0.15) is 0 Å². The SMILES string of the molecule is COc1cccc(NC(=O)c2cccc(NC3=C(Cl)C(=O)N(c4cc(C)cc(C)c4)C3=O)c2)c1. The van der Waals surface area contributed by atoms with Gasteiger partial charge in [0.1, 0.15) is 16.5 Å². The summed E-state index contributed by atoms with van der Waals surface area (Å²) in [6.07, 6.45) is 0. The maximum absolute atomic E-state index is 13.1. The van der Waals surface area contributed by atoms with Crippen LogP contribution in [0.4, 0.5) is 17.1 Å². The van der Waals surface area contributed by atoms with Gasteiger partial charge in [0.25, 0.3) is 17.7 Å². The molecular weight excluding hydrogens is 454 g/mol. The maximum atomic E-state index is 13.1. The van der Waals surface area contributed by atoms with Crippen LogP contribution in [0.1, 0.15) is 21.5 Å². The summed E-state index contributed by atoms with van der Waals surface area (Å²) in [5, 5.41) is 5.50. The lowest BCUT2D eigenvalue weighted by atomic mass is 10.1. The van der Waals surface area contributed by atoms with Crippen molar-refractivity contribution in [3.05, 3.63) is 94.1 Å². The van der Waals surface area contributed by atoms with Crippen LogP contribution in [0, 0.1) is 13.8 Å². The Morgan fingerprint density at radius 1 is 0.882 bits per heavy atom. The lowest BCUT2D eigenvalue weighted by Crippen LogP contribution is -2.32. The molecule has 2 N–H and O–H groups in total. The number of nitrogens with one attached hydrogen (secondary N) is 2. The zero-order valence-corrected chi connectivity index (χ0v) is 19.6. The summed E-state index contributed by atoms with van der Waals surface area (Å²) in [6, 6.07) is 19.0. The molecule has 3 aromatic carbocycles. The molecule has 3 amide bonds. The van der Waals surface area contributed by atoms with Crippen molar-refractivity contribution in [2.75, 3.05) is 22.6 Å². The van der Waals surface area contributed by atoms with Crippen LogP contribution in [-0.4, -0.2) is 24.8 Å². The van der Waals surface area contributed by atoms with Gasteiger partial charge in [0.05, 0.1) is 12.8 Å². The molecule has 0 aromatic heterocycles. The quantitative estimate of drug-likeness (QED) is 0.490. The molecule has 34 heavy (non-hydrogen) atoms. The number of anilines is 3. The molecule has 0 unspecified atom stereocenters. The van der Waals surface area contributed by atoms with Gasteiger partial charge in [0.15, 0.2) is 0 Å². The van der Waals surface area contributed by atoms with E-state index in [1.54, 1.807) is 67.8 Å². The third-order valence-electron chi connectivity index (χ3n) is 5.21. The summed E-state index contributed by atoms with van der Waals surface area (Å²) in [4.78, 5) is 39.6. The van der Waals surface area contributed by atoms with Gasteiger partial charge in [-0.1, -0.05) is 29.8 Å². The molecule has 0 saturated carbocycles. The lowest BCUT2D eigenvalue weighted by Gasteiger charge is -2.16. The Morgan fingerprint density at radius 3 is 2.26 bits per heavy atom. The Kier molecular flexibility index (Phi) is 6.38. The Bertz CT molecular complexity index is 1330. The van der Waals surface area contributed by atoms with Gasteiger partial charge in [0.2, 0.25) is 0 Å². The first-order chi connectivity index (χ1) is 16.3. The highest BCUT2D eigenvalue weighted by Gasteiger charge is 2.39. The van der Waals surface area contributed by atoms with E-state index in [2.05, 4.69) is 10.6 Å². The number of nitrogens with zero attached hydrogens (tertiary/aromatic N) is 1. The van der Waals surface area contributed by atoms with Crippen molar-refractivity contribution in [1.29, 1.82) is 0 Å². The van der Waals surface area contributed by atoms with Gasteiger partial charge >= 0.3 is 0 Å². The van der Waals surface area contributed by atoms with E-state index in [4.69, 9.17) is 16.3 Å². The Labute approximate surface area is 202 Å². The molecule has 1 aliphatic rings. The smallest absolute Gasteiger partial charge is 0.283 e. The van der Waals surface area contributed by atoms with Gasteiger partial charge < -0.3 is 15.4 Å². The van der Waals surface area contributed by atoms with E-state index in [1.807, 2.05) is 19.9 Å². The summed E-state index contributed by atoms with van der Waals surface area (Å²) < 4.78 is 5.18. The van der Waals surface area contributed by atoms with Crippen LogP contribution in [0.2, 0.25) is 0 Å². The van der Waals surface area contributed by atoms with E-state index in [1.165, 1.54) is 0 Å². The Hall–Kier alpha value is -4.10. The molecule has 0 bridgehead atoms. The molecule has 0 fully saturated rings. The highest BCUT2D eigenvalue weighted by atomic mass is 35.5. The number of hydrogen-bond acceptors (Lipinski definition) is 5. The first-order valence-corrected chi connectivity index (χ1v) is 10.8. The van der Waals surface area contributed by atoms with Gasteiger partial charge in [-0.15, -0.1) is 0 Å². The monoisotopic (exact) mass is 475 g/mol. The largest absolute Gasteiger partial charge is 0.497 e. The minimum Gasteiger partial charge on any atom is -0.497 e. The van der Waals surface area contributed by atoms with Gasteiger partial charge in [-0.05, 0) is 67.4 Å². The fourth-order valence-electron chi connectivity index (χ4n) is 3.71. The summed E-state index contributed by atoms with van der Waals surface area (Å²) in [5.41, 5.74) is 3.62. The Balaban J connectivity index is 1.54. The van der Waals surface area contributed by atoms with Crippen molar-refractivity contribution in [1.82, 2.24) is 0 Å². The number of halogens is 1. The number of rotatable bonds is 6. The van der Waals surface area contributed by atoms with Gasteiger partial charge in [-0.3, -0.25) is 14.4 Å². The van der Waals surface area contributed by atoms with Crippen LogP contribution in [0.5, 0.6) is 5.75 Å². The van der Waals surface area contributed by atoms with Crippen LogP contribution in [0.3, 0.4) is 0 Å². The van der Waals surface area contributed by atoms with E-state index >= 15 is 0 Å². The molecule has 8 heteroatoms. The van der Waals surface area contributed by atoms with Crippen LogP contribution < -0.4 is 20.3 Å². The van der Waals surface area contributed by atoms with Crippen molar-refractivity contribution in [2.45, 2.75) is 13.8 Å². The topological polar surface area (TPSA) is 87.7 Å². The fraction of sp³-hybridized carbons (Fsp3) is 0.115. The molecule has 4 rings (SSSR count). The minimum atomic E-state index is -0.605. The summed E-state index contributed by atoms with van der Waals surface area (Å²) in [7, 11) is 1.55. The van der Waals surface area contributed by atoms with Crippen molar-refractivity contribution in [2.24, 2.45) is 0 Å². The molecule has 1 aliphatic heterocycles. The Morgan fingerprint density at radius 2 is 1.56 bits per heavy atom. The van der Waals surface area contributed by atoms with Crippen LogP contribution in [0.15, 0.2) is 77.5 Å². The van der Waals surface area contributed by atoms with Crippen LogP contribution in [0.25, 0.3) is 0 Å². The number of ether oxygens (including phenoxy) is 1. The van der Waals surface area contributed by atoms with E-state index in [0.717, 1.165) is 16.0 Å². The van der Waals surface area contributed by atoms with Crippen LogP contribution >= 0.6 is 11.6 Å². The average Bonchev–Trinajstić information content (AvgIpc) is 3.01. The zero-order chi connectivity index (χ0) is 24.4. The minimum absolute atomic E-state index is 0.0452. The number of carbonyl (C=O) groups excluding carboxylic acids is 3.